The Balaban J connectivity index is 1.98. The molecule has 0 aliphatic heterocycles. The van der Waals surface area contributed by atoms with E-state index in [2.05, 4.69) is 18.1 Å². The lowest BCUT2D eigenvalue weighted by atomic mass is 9.67. The fourth-order valence-corrected chi connectivity index (χ4v) is 4.86. The lowest BCUT2D eigenvalue weighted by Crippen LogP contribution is -2.32. The number of rotatable bonds is 4. The topological polar surface area (TPSA) is 21.6 Å². The van der Waals surface area contributed by atoms with Crippen LogP contribution in [0.15, 0.2) is 23.4 Å². The first-order valence-electron chi connectivity index (χ1n) is 8.18. The molecule has 0 heterocycles. The fraction of sp³-hybridized carbons (Fsp3) is 0.611. The molecule has 0 saturated heterocycles. The van der Waals surface area contributed by atoms with E-state index in [9.17, 15) is 0 Å². The Morgan fingerprint density at radius 3 is 2.73 bits per heavy atom. The van der Waals surface area contributed by atoms with Crippen LogP contribution in [0, 0.1) is 17.8 Å². The van der Waals surface area contributed by atoms with Crippen molar-refractivity contribution in [2.45, 2.75) is 44.9 Å². The van der Waals surface area contributed by atoms with Gasteiger partial charge in [-0.1, -0.05) is 47.8 Å². The second kappa shape index (κ2) is 6.80. The molecule has 2 saturated carbocycles. The molecule has 120 valence electrons. The third-order valence-corrected chi connectivity index (χ3v) is 6.18. The van der Waals surface area contributed by atoms with Crippen molar-refractivity contribution in [1.82, 2.24) is 0 Å². The molecule has 3 rings (SSSR count). The zero-order chi connectivity index (χ0) is 15.7. The van der Waals surface area contributed by atoms with E-state index >= 15 is 0 Å². The first-order valence-corrected chi connectivity index (χ1v) is 8.94. The number of nitrogens with zero attached hydrogens (tertiary/aromatic N) is 1. The summed E-state index contributed by atoms with van der Waals surface area (Å²) in [7, 11) is 1.64. The number of hydrogen-bond donors (Lipinski definition) is 0. The lowest BCUT2D eigenvalue weighted by Gasteiger charge is -2.37. The molecular weight excluding hydrogens is 317 g/mol. The normalized spacial score (nSPS) is 31.4. The predicted octanol–water partition coefficient (Wildman–Crippen LogP) is 5.93. The molecule has 0 amide bonds. The van der Waals surface area contributed by atoms with Crippen molar-refractivity contribution >= 4 is 28.9 Å². The van der Waals surface area contributed by atoms with Gasteiger partial charge in [0.05, 0.1) is 15.8 Å². The molecule has 0 N–H and O–H groups in total. The summed E-state index contributed by atoms with van der Waals surface area (Å²) < 4.78 is 0. The molecule has 2 nitrogen and oxygen atoms in total. The number of benzene rings is 1. The Bertz CT molecular complexity index is 572. The van der Waals surface area contributed by atoms with Crippen molar-refractivity contribution in [1.29, 1.82) is 0 Å². The van der Waals surface area contributed by atoms with Crippen LogP contribution >= 0.6 is 23.2 Å². The van der Waals surface area contributed by atoms with Crippen molar-refractivity contribution in [3.05, 3.63) is 33.8 Å². The van der Waals surface area contributed by atoms with Gasteiger partial charge in [0.2, 0.25) is 0 Å². The highest BCUT2D eigenvalue weighted by atomic mass is 35.5. The number of fused-ring (bicyclic) bond motifs is 2. The Kier molecular flexibility index (Phi) is 4.99. The molecule has 0 radical (unpaired) electrons. The van der Waals surface area contributed by atoms with Crippen LogP contribution in [-0.2, 0) is 4.84 Å². The van der Waals surface area contributed by atoms with E-state index in [1.165, 1.54) is 37.0 Å². The van der Waals surface area contributed by atoms with Crippen molar-refractivity contribution < 1.29 is 4.84 Å². The molecule has 4 heteroatoms. The smallest absolute Gasteiger partial charge is 0.106 e. The molecule has 2 aliphatic carbocycles. The zero-order valence-corrected chi connectivity index (χ0v) is 14.7. The van der Waals surface area contributed by atoms with Crippen LogP contribution in [0.5, 0.6) is 0 Å². The number of halogens is 2. The summed E-state index contributed by atoms with van der Waals surface area (Å²) in [6.07, 6.45) is 6.17. The van der Waals surface area contributed by atoms with Gasteiger partial charge in [0.15, 0.2) is 0 Å². The van der Waals surface area contributed by atoms with E-state index < -0.39 is 0 Å². The van der Waals surface area contributed by atoms with E-state index in [0.29, 0.717) is 21.9 Å². The standard InChI is InChI=1S/C18H23Cl2NO/c1-3-17(21-22-2)18-13-5-4-11(8-13)9-14(18)12-6-7-15(19)16(20)10-12/h6-7,10-11,13-14,18H,3-5,8-9H2,1-2H3/t11?,13-,14+,18+/m0/s1. The van der Waals surface area contributed by atoms with Gasteiger partial charge >= 0.3 is 0 Å². The molecule has 1 aromatic rings. The molecule has 2 aliphatic rings. The molecule has 0 aromatic heterocycles. The van der Waals surface area contributed by atoms with Gasteiger partial charge in [0, 0.05) is 5.92 Å². The predicted molar refractivity (Wildman–Crippen MR) is 92.9 cm³/mol. The lowest BCUT2D eigenvalue weighted by molar-refractivity contribution is 0.200. The summed E-state index contributed by atoms with van der Waals surface area (Å²) in [4.78, 5) is 5.12. The number of oxime groups is 1. The molecule has 2 bridgehead atoms. The minimum Gasteiger partial charge on any atom is -0.399 e. The van der Waals surface area contributed by atoms with Gasteiger partial charge in [0.1, 0.15) is 7.11 Å². The molecule has 4 atom stereocenters. The molecule has 1 aromatic carbocycles. The summed E-state index contributed by atoms with van der Waals surface area (Å²) >= 11 is 12.3. The molecule has 2 fully saturated rings. The maximum atomic E-state index is 6.26. The summed E-state index contributed by atoms with van der Waals surface area (Å²) in [5.74, 6) is 2.53. The van der Waals surface area contributed by atoms with Crippen LogP contribution < -0.4 is 0 Å². The van der Waals surface area contributed by atoms with Crippen molar-refractivity contribution in [3.63, 3.8) is 0 Å². The third kappa shape index (κ3) is 3.00. The Morgan fingerprint density at radius 2 is 2.05 bits per heavy atom. The Labute approximate surface area is 142 Å². The maximum Gasteiger partial charge on any atom is 0.106 e. The Hall–Kier alpha value is -0.730. The third-order valence-electron chi connectivity index (χ3n) is 5.44. The maximum absolute atomic E-state index is 6.26. The van der Waals surface area contributed by atoms with E-state index in [-0.39, 0.29) is 0 Å². The quantitative estimate of drug-likeness (QED) is 0.492. The minimum atomic E-state index is 0.473. The van der Waals surface area contributed by atoms with Crippen LogP contribution in [-0.4, -0.2) is 12.8 Å². The molecule has 22 heavy (non-hydrogen) atoms. The van der Waals surface area contributed by atoms with Crippen LogP contribution in [0.25, 0.3) is 0 Å². The SMILES string of the molecule is CCC(=NOC)[C@@H]1[C@H]2CCC(C2)C[C@@H]1c1ccc(Cl)c(Cl)c1. The van der Waals surface area contributed by atoms with Gasteiger partial charge < -0.3 is 4.84 Å². The second-order valence-electron chi connectivity index (χ2n) is 6.60. The summed E-state index contributed by atoms with van der Waals surface area (Å²) in [6.45, 7) is 2.17. The van der Waals surface area contributed by atoms with Gasteiger partial charge in [-0.2, -0.15) is 0 Å². The van der Waals surface area contributed by atoms with E-state index in [0.717, 1.165) is 18.3 Å². The molecule has 0 spiro atoms. The summed E-state index contributed by atoms with van der Waals surface area (Å²) in [6, 6.07) is 6.11. The average molecular weight is 340 g/mol. The van der Waals surface area contributed by atoms with Crippen LogP contribution in [0.2, 0.25) is 10.0 Å². The zero-order valence-electron chi connectivity index (χ0n) is 13.2. The summed E-state index contributed by atoms with van der Waals surface area (Å²) in [5.41, 5.74) is 2.50. The van der Waals surface area contributed by atoms with Gasteiger partial charge in [-0.25, -0.2) is 0 Å². The fourth-order valence-electron chi connectivity index (χ4n) is 4.56. The molecule has 1 unspecified atom stereocenters. The van der Waals surface area contributed by atoms with Gasteiger partial charge in [0.25, 0.3) is 0 Å². The first kappa shape index (κ1) is 16.1. The van der Waals surface area contributed by atoms with Gasteiger partial charge in [-0.15, -0.1) is 0 Å². The average Bonchev–Trinajstić information content (AvgIpc) is 2.90. The van der Waals surface area contributed by atoms with Crippen molar-refractivity contribution in [2.24, 2.45) is 22.9 Å². The Morgan fingerprint density at radius 1 is 1.23 bits per heavy atom. The van der Waals surface area contributed by atoms with Gasteiger partial charge in [-0.3, -0.25) is 0 Å². The van der Waals surface area contributed by atoms with Crippen molar-refractivity contribution in [3.8, 4) is 0 Å². The number of hydrogen-bond acceptors (Lipinski definition) is 2. The highest BCUT2D eigenvalue weighted by molar-refractivity contribution is 6.42. The highest BCUT2D eigenvalue weighted by Gasteiger charge is 2.44. The molecular formula is C18H23Cl2NO. The minimum absolute atomic E-state index is 0.473. The van der Waals surface area contributed by atoms with E-state index in [1.54, 1.807) is 7.11 Å². The highest BCUT2D eigenvalue weighted by Crippen LogP contribution is 2.53. The van der Waals surface area contributed by atoms with Crippen LogP contribution in [0.4, 0.5) is 0 Å². The monoisotopic (exact) mass is 339 g/mol. The van der Waals surface area contributed by atoms with E-state index in [4.69, 9.17) is 28.0 Å². The van der Waals surface area contributed by atoms with E-state index in [1.807, 2.05) is 12.1 Å². The van der Waals surface area contributed by atoms with Crippen LogP contribution in [0.3, 0.4) is 0 Å². The first-order chi connectivity index (χ1) is 10.6. The van der Waals surface area contributed by atoms with Crippen LogP contribution in [0.1, 0.15) is 50.5 Å². The van der Waals surface area contributed by atoms with Crippen molar-refractivity contribution in [2.75, 3.05) is 7.11 Å². The summed E-state index contributed by atoms with van der Waals surface area (Å²) in [5, 5.41) is 5.63. The second-order valence-corrected chi connectivity index (χ2v) is 7.41. The largest absolute Gasteiger partial charge is 0.399 e. The van der Waals surface area contributed by atoms with Gasteiger partial charge in [-0.05, 0) is 61.1 Å².